The molecule has 0 spiro atoms. The summed E-state index contributed by atoms with van der Waals surface area (Å²) in [5, 5.41) is 5.61. The van der Waals surface area contributed by atoms with Crippen LogP contribution in [0, 0.1) is 0 Å². The van der Waals surface area contributed by atoms with Crippen LogP contribution in [0.4, 0.5) is 4.79 Å². The maximum absolute atomic E-state index is 11.8. The number of hydrogen-bond acceptors (Lipinski definition) is 6. The van der Waals surface area contributed by atoms with E-state index >= 15 is 0 Å². The minimum Gasteiger partial charge on any atom is -0.468 e. The number of thioether (sulfide) groups is 1. The Labute approximate surface area is 125 Å². The number of carbonyl (C=O) groups is 2. The molecule has 0 saturated heterocycles. The summed E-state index contributed by atoms with van der Waals surface area (Å²) in [6.07, 6.45) is 2.07. The molecule has 1 amide bonds. The number of esters is 1. The summed E-state index contributed by atoms with van der Waals surface area (Å²) < 4.78 is 9.97. The molecule has 7 heteroatoms. The molecule has 0 radical (unpaired) electrons. The second kappa shape index (κ2) is 9.07. The predicted octanol–water partition coefficient (Wildman–Crippen LogP) is 1.39. The molecule has 0 aromatic rings. The van der Waals surface area contributed by atoms with Gasteiger partial charge in [0, 0.05) is 0 Å². The second-order valence-electron chi connectivity index (χ2n) is 5.32. The van der Waals surface area contributed by atoms with Gasteiger partial charge in [-0.1, -0.05) is 0 Å². The third kappa shape index (κ3) is 7.59. The van der Waals surface area contributed by atoms with Crippen molar-refractivity contribution in [1.82, 2.24) is 10.6 Å². The fourth-order valence-corrected chi connectivity index (χ4v) is 2.13. The highest BCUT2D eigenvalue weighted by atomic mass is 32.2. The van der Waals surface area contributed by atoms with E-state index in [1.165, 1.54) is 7.11 Å². The van der Waals surface area contributed by atoms with Crippen molar-refractivity contribution in [2.24, 2.45) is 0 Å². The van der Waals surface area contributed by atoms with Gasteiger partial charge in [0.05, 0.1) is 13.2 Å². The summed E-state index contributed by atoms with van der Waals surface area (Å²) in [4.78, 5) is 23.6. The molecule has 0 aliphatic carbocycles. The fourth-order valence-electron chi connectivity index (χ4n) is 1.64. The predicted molar refractivity (Wildman–Crippen MR) is 81.0 cm³/mol. The highest BCUT2D eigenvalue weighted by Gasteiger charge is 2.30. The molecule has 2 atom stereocenters. The van der Waals surface area contributed by atoms with E-state index in [4.69, 9.17) is 9.47 Å². The van der Waals surface area contributed by atoms with Crippen molar-refractivity contribution in [3.8, 4) is 0 Å². The van der Waals surface area contributed by atoms with Crippen LogP contribution in [0.1, 0.15) is 27.2 Å². The maximum Gasteiger partial charge on any atom is 0.407 e. The van der Waals surface area contributed by atoms with Crippen molar-refractivity contribution >= 4 is 23.8 Å². The molecular weight excluding hydrogens is 280 g/mol. The van der Waals surface area contributed by atoms with Gasteiger partial charge >= 0.3 is 12.1 Å². The van der Waals surface area contributed by atoms with Gasteiger partial charge in [-0.2, -0.15) is 11.8 Å². The zero-order valence-electron chi connectivity index (χ0n) is 13.1. The largest absolute Gasteiger partial charge is 0.468 e. The van der Waals surface area contributed by atoms with Gasteiger partial charge in [0.15, 0.2) is 0 Å². The molecule has 0 saturated carbocycles. The average molecular weight is 306 g/mol. The Kier molecular flexibility index (Phi) is 8.64. The lowest BCUT2D eigenvalue weighted by molar-refractivity contribution is -0.143. The van der Waals surface area contributed by atoms with Crippen LogP contribution in [0.2, 0.25) is 0 Å². The summed E-state index contributed by atoms with van der Waals surface area (Å²) >= 11 is 1.65. The van der Waals surface area contributed by atoms with Crippen molar-refractivity contribution in [2.75, 3.05) is 26.2 Å². The van der Waals surface area contributed by atoms with Crippen LogP contribution in [-0.4, -0.2) is 55.9 Å². The average Bonchev–Trinajstić information content (AvgIpc) is 2.33. The highest BCUT2D eigenvalue weighted by molar-refractivity contribution is 7.98. The maximum atomic E-state index is 11.8. The van der Waals surface area contributed by atoms with E-state index in [9.17, 15) is 9.59 Å². The third-order valence-corrected chi connectivity index (χ3v) is 3.15. The highest BCUT2D eigenvalue weighted by Crippen LogP contribution is 2.10. The lowest BCUT2D eigenvalue weighted by atomic mass is 10.1. The number of carbonyl (C=O) groups excluding carboxylic acids is 2. The Morgan fingerprint density at radius 1 is 1.30 bits per heavy atom. The molecule has 118 valence electrons. The van der Waals surface area contributed by atoms with Crippen molar-refractivity contribution < 1.29 is 19.1 Å². The first-order valence-corrected chi connectivity index (χ1v) is 7.88. The molecule has 0 rings (SSSR count). The van der Waals surface area contributed by atoms with Crippen LogP contribution in [0.15, 0.2) is 0 Å². The number of ether oxygens (including phenoxy) is 2. The van der Waals surface area contributed by atoms with Crippen molar-refractivity contribution in [3.05, 3.63) is 0 Å². The molecule has 6 nitrogen and oxygen atoms in total. The van der Waals surface area contributed by atoms with Crippen LogP contribution >= 0.6 is 11.8 Å². The van der Waals surface area contributed by atoms with E-state index in [1.54, 1.807) is 39.6 Å². The van der Waals surface area contributed by atoms with E-state index in [0.717, 1.165) is 5.75 Å². The number of methoxy groups -OCH3 is 1. The van der Waals surface area contributed by atoms with Crippen molar-refractivity contribution in [2.45, 2.75) is 44.9 Å². The van der Waals surface area contributed by atoms with E-state index < -0.39 is 23.7 Å². The Morgan fingerprint density at radius 3 is 2.30 bits per heavy atom. The van der Waals surface area contributed by atoms with Gasteiger partial charge in [-0.25, -0.2) is 4.79 Å². The van der Waals surface area contributed by atoms with Gasteiger partial charge in [-0.15, -0.1) is 0 Å². The molecule has 0 fully saturated rings. The number of amides is 1. The van der Waals surface area contributed by atoms with Crippen molar-refractivity contribution in [3.63, 3.8) is 0 Å². The van der Waals surface area contributed by atoms with Crippen LogP contribution in [0.3, 0.4) is 0 Å². The normalized spacial score (nSPS) is 14.3. The quantitative estimate of drug-likeness (QED) is 0.692. The molecule has 0 aliphatic heterocycles. The van der Waals surface area contributed by atoms with Crippen LogP contribution in [-0.2, 0) is 14.3 Å². The van der Waals surface area contributed by atoms with E-state index in [1.807, 2.05) is 6.26 Å². The molecular formula is C13H26N2O4S. The lowest BCUT2D eigenvalue weighted by Crippen LogP contribution is -2.54. The Hall–Kier alpha value is -0.950. The van der Waals surface area contributed by atoms with Crippen LogP contribution in [0.5, 0.6) is 0 Å². The molecule has 2 unspecified atom stereocenters. The van der Waals surface area contributed by atoms with Gasteiger partial charge in [0.1, 0.15) is 11.6 Å². The van der Waals surface area contributed by atoms with Gasteiger partial charge < -0.3 is 20.1 Å². The molecule has 2 N–H and O–H groups in total. The number of rotatable bonds is 7. The monoisotopic (exact) mass is 306 g/mol. The fraction of sp³-hybridized carbons (Fsp3) is 0.846. The van der Waals surface area contributed by atoms with E-state index in [0.29, 0.717) is 6.42 Å². The minimum absolute atomic E-state index is 0.380. The molecule has 0 aromatic carbocycles. The van der Waals surface area contributed by atoms with Gasteiger partial charge in [0.25, 0.3) is 0 Å². The Bertz CT molecular complexity index is 318. The van der Waals surface area contributed by atoms with Gasteiger partial charge in [0.2, 0.25) is 0 Å². The van der Waals surface area contributed by atoms with Crippen molar-refractivity contribution in [1.29, 1.82) is 0 Å². The Morgan fingerprint density at radius 2 is 1.90 bits per heavy atom. The van der Waals surface area contributed by atoms with Gasteiger partial charge in [-0.3, -0.25) is 4.79 Å². The Balaban J connectivity index is 4.77. The zero-order valence-corrected chi connectivity index (χ0v) is 13.9. The summed E-state index contributed by atoms with van der Waals surface area (Å²) in [6.45, 7) is 5.37. The van der Waals surface area contributed by atoms with E-state index in [2.05, 4.69) is 10.6 Å². The molecule has 0 bridgehead atoms. The smallest absolute Gasteiger partial charge is 0.407 e. The molecule has 0 aromatic heterocycles. The third-order valence-electron chi connectivity index (χ3n) is 2.50. The SMILES string of the molecule is CNC(C(=O)OC)C(CCSC)NC(=O)OC(C)(C)C. The number of likely N-dealkylation sites (N-methyl/N-ethyl adjacent to an activating group) is 1. The number of hydrogen-bond donors (Lipinski definition) is 2. The van der Waals surface area contributed by atoms with E-state index in [-0.39, 0.29) is 6.04 Å². The number of alkyl carbamates (subject to hydrolysis) is 1. The molecule has 20 heavy (non-hydrogen) atoms. The summed E-state index contributed by atoms with van der Waals surface area (Å²) in [6, 6.07) is -0.977. The first-order chi connectivity index (χ1) is 9.25. The van der Waals surface area contributed by atoms with Crippen LogP contribution in [0.25, 0.3) is 0 Å². The van der Waals surface area contributed by atoms with Crippen LogP contribution < -0.4 is 10.6 Å². The second-order valence-corrected chi connectivity index (χ2v) is 6.31. The summed E-state index contributed by atoms with van der Waals surface area (Å²) in [5.41, 5.74) is -0.575. The zero-order chi connectivity index (χ0) is 15.8. The first kappa shape index (κ1) is 19.1. The molecule has 0 aliphatic rings. The summed E-state index contributed by atoms with van der Waals surface area (Å²) in [7, 11) is 2.98. The summed E-state index contributed by atoms with van der Waals surface area (Å²) in [5.74, 6) is 0.407. The standard InChI is InChI=1S/C13H26N2O4S/c1-13(2,3)19-12(17)15-9(7-8-20-6)10(14-4)11(16)18-5/h9-10,14H,7-8H2,1-6H3,(H,15,17). The molecule has 0 heterocycles. The van der Waals surface area contributed by atoms with Gasteiger partial charge in [-0.05, 0) is 46.2 Å². The number of nitrogens with one attached hydrogen (secondary N) is 2. The topological polar surface area (TPSA) is 76.7 Å². The first-order valence-electron chi connectivity index (χ1n) is 6.48. The minimum atomic E-state index is -0.598. The lowest BCUT2D eigenvalue weighted by Gasteiger charge is -2.27.